The number of nitrogens with two attached hydrogens (primary N) is 1. The molecule has 0 spiro atoms. The number of hydrogen-bond donors (Lipinski definition) is 1. The zero-order valence-electron chi connectivity index (χ0n) is 15.7. The molecule has 0 unspecified atom stereocenters. The van der Waals surface area contributed by atoms with Crippen molar-refractivity contribution in [2.24, 2.45) is 10.6 Å². The van der Waals surface area contributed by atoms with Crippen LogP contribution >= 0.6 is 0 Å². The van der Waals surface area contributed by atoms with E-state index >= 15 is 0 Å². The maximum Gasteiger partial charge on any atom is 0.238 e. The van der Waals surface area contributed by atoms with Gasteiger partial charge in [0.2, 0.25) is 21.7 Å². The topological polar surface area (TPSA) is 99.1 Å². The van der Waals surface area contributed by atoms with Crippen LogP contribution in [0.4, 0.5) is 4.39 Å². The number of rotatable bonds is 4. The molecule has 2 N–H and O–H groups in total. The van der Waals surface area contributed by atoms with Gasteiger partial charge < -0.3 is 4.52 Å². The second-order valence-electron chi connectivity index (χ2n) is 7.81. The molecule has 2 aromatic carbocycles. The highest BCUT2D eigenvalue weighted by atomic mass is 32.2. The summed E-state index contributed by atoms with van der Waals surface area (Å²) in [5.41, 5.74) is 2.30. The largest absolute Gasteiger partial charge is 0.339 e. The number of aryl methyl sites for hydroxylation is 1. The molecule has 1 aromatic heterocycles. The number of nitrogens with zero attached hydrogens (tertiary/aromatic N) is 2. The van der Waals surface area contributed by atoms with Crippen LogP contribution in [0.2, 0.25) is 0 Å². The van der Waals surface area contributed by atoms with E-state index in [0.29, 0.717) is 17.3 Å². The van der Waals surface area contributed by atoms with Gasteiger partial charge in [-0.15, -0.1) is 0 Å². The van der Waals surface area contributed by atoms with Crippen LogP contribution in [0.3, 0.4) is 0 Å². The predicted octanol–water partition coefficient (Wildman–Crippen LogP) is 3.74. The quantitative estimate of drug-likeness (QED) is 0.718. The molecule has 0 amide bonds. The fraction of sp³-hybridized carbons (Fsp3) is 0.300. The van der Waals surface area contributed by atoms with Gasteiger partial charge in [0.1, 0.15) is 5.82 Å². The smallest absolute Gasteiger partial charge is 0.238 e. The number of sulfonamides is 1. The third-order valence-corrected chi connectivity index (χ3v) is 6.47. The lowest BCUT2D eigenvalue weighted by Crippen LogP contribution is -2.11. The molecule has 3 aromatic rings. The fourth-order valence-corrected chi connectivity index (χ4v) is 4.41. The van der Waals surface area contributed by atoms with E-state index in [-0.39, 0.29) is 28.0 Å². The Balaban J connectivity index is 1.64. The van der Waals surface area contributed by atoms with E-state index in [1.165, 1.54) is 24.3 Å². The summed E-state index contributed by atoms with van der Waals surface area (Å²) in [6, 6.07) is 11.0. The van der Waals surface area contributed by atoms with Crippen LogP contribution in [-0.4, -0.2) is 18.6 Å². The Morgan fingerprint density at radius 3 is 2.43 bits per heavy atom. The van der Waals surface area contributed by atoms with Crippen LogP contribution < -0.4 is 5.14 Å². The molecule has 0 radical (unpaired) electrons. The molecule has 4 rings (SSSR count). The number of hydrogen-bond acceptors (Lipinski definition) is 5. The van der Waals surface area contributed by atoms with Crippen molar-refractivity contribution in [1.29, 1.82) is 0 Å². The van der Waals surface area contributed by atoms with Crippen molar-refractivity contribution < 1.29 is 17.3 Å². The minimum absolute atomic E-state index is 0.0112. The molecule has 28 heavy (non-hydrogen) atoms. The second kappa shape index (κ2) is 6.22. The van der Waals surface area contributed by atoms with Crippen LogP contribution in [0.5, 0.6) is 0 Å². The first kappa shape index (κ1) is 18.8. The third kappa shape index (κ3) is 3.12. The molecule has 0 bridgehead atoms. The standard InChI is InChI=1S/C20H20FN3O3S/c1-11-4-7-13(21)10-15(11)18-23-19(27-24-18)17-16(20(17,2)3)12-5-8-14(9-6-12)28(22,25)26/h4-10,16-17H,1-3H3,(H2,22,25,26)/t16-,17+/m0/s1. The maximum atomic E-state index is 13.6. The van der Waals surface area contributed by atoms with Gasteiger partial charge in [0.25, 0.3) is 0 Å². The highest BCUT2D eigenvalue weighted by Crippen LogP contribution is 2.69. The molecular weight excluding hydrogens is 381 g/mol. The van der Waals surface area contributed by atoms with Crippen molar-refractivity contribution in [1.82, 2.24) is 10.1 Å². The Kier molecular flexibility index (Phi) is 4.17. The molecule has 2 atom stereocenters. The molecule has 0 saturated heterocycles. The van der Waals surface area contributed by atoms with Crippen LogP contribution in [0, 0.1) is 18.2 Å². The predicted molar refractivity (Wildman–Crippen MR) is 102 cm³/mol. The van der Waals surface area contributed by atoms with Crippen molar-refractivity contribution in [2.75, 3.05) is 0 Å². The first-order valence-electron chi connectivity index (χ1n) is 8.82. The van der Waals surface area contributed by atoms with E-state index in [4.69, 9.17) is 9.66 Å². The lowest BCUT2D eigenvalue weighted by molar-refractivity contribution is 0.368. The SMILES string of the molecule is Cc1ccc(F)cc1-c1noc([C@H]2[C@H](c3ccc(S(N)(=O)=O)cc3)C2(C)C)n1. The Morgan fingerprint density at radius 1 is 1.11 bits per heavy atom. The normalized spacial score (nSPS) is 20.9. The molecule has 1 fully saturated rings. The molecule has 1 aliphatic carbocycles. The lowest BCUT2D eigenvalue weighted by Gasteiger charge is -2.04. The van der Waals surface area contributed by atoms with Gasteiger partial charge in [-0.1, -0.05) is 37.2 Å². The highest BCUT2D eigenvalue weighted by molar-refractivity contribution is 7.89. The van der Waals surface area contributed by atoms with Gasteiger partial charge in [0, 0.05) is 11.5 Å². The Morgan fingerprint density at radius 2 is 1.79 bits per heavy atom. The van der Waals surface area contributed by atoms with Crippen molar-refractivity contribution in [3.63, 3.8) is 0 Å². The zero-order valence-corrected chi connectivity index (χ0v) is 16.5. The summed E-state index contributed by atoms with van der Waals surface area (Å²) in [4.78, 5) is 4.59. The fourth-order valence-electron chi connectivity index (χ4n) is 3.89. The van der Waals surface area contributed by atoms with Gasteiger partial charge in [-0.2, -0.15) is 4.98 Å². The van der Waals surface area contributed by atoms with E-state index in [1.807, 2.05) is 6.92 Å². The number of primary sulfonamides is 1. The molecule has 1 aliphatic rings. The van der Waals surface area contributed by atoms with Crippen LogP contribution in [0.15, 0.2) is 51.9 Å². The number of aromatic nitrogens is 2. The minimum atomic E-state index is -3.73. The van der Waals surface area contributed by atoms with Crippen LogP contribution in [0.1, 0.15) is 42.7 Å². The third-order valence-electron chi connectivity index (χ3n) is 5.54. The highest BCUT2D eigenvalue weighted by Gasteiger charge is 2.62. The van der Waals surface area contributed by atoms with Crippen molar-refractivity contribution in [3.8, 4) is 11.4 Å². The van der Waals surface area contributed by atoms with Crippen LogP contribution in [0.25, 0.3) is 11.4 Å². The van der Waals surface area contributed by atoms with Gasteiger partial charge >= 0.3 is 0 Å². The van der Waals surface area contributed by atoms with Gasteiger partial charge in [0.05, 0.1) is 10.8 Å². The van der Waals surface area contributed by atoms with E-state index < -0.39 is 10.0 Å². The maximum absolute atomic E-state index is 13.6. The summed E-state index contributed by atoms with van der Waals surface area (Å²) in [6.45, 7) is 6.04. The molecule has 0 aliphatic heterocycles. The van der Waals surface area contributed by atoms with Crippen molar-refractivity contribution in [3.05, 3.63) is 65.3 Å². The summed E-state index contributed by atoms with van der Waals surface area (Å²) in [5, 5.41) is 9.20. The van der Waals surface area contributed by atoms with Gasteiger partial charge in [0.15, 0.2) is 0 Å². The van der Waals surface area contributed by atoms with E-state index in [1.54, 1.807) is 18.2 Å². The Bertz CT molecular complexity index is 1150. The summed E-state index contributed by atoms with van der Waals surface area (Å²) in [5.74, 6) is 0.584. The van der Waals surface area contributed by atoms with Crippen LogP contribution in [-0.2, 0) is 10.0 Å². The first-order valence-corrected chi connectivity index (χ1v) is 10.4. The monoisotopic (exact) mass is 401 g/mol. The average Bonchev–Trinajstić information content (AvgIpc) is 2.97. The molecule has 146 valence electrons. The summed E-state index contributed by atoms with van der Waals surface area (Å²) in [7, 11) is -3.73. The van der Waals surface area contributed by atoms with Gasteiger partial charge in [-0.05, 0) is 47.7 Å². The van der Waals surface area contributed by atoms with Gasteiger partial charge in [-0.25, -0.2) is 17.9 Å². The molecular formula is C20H20FN3O3S. The number of halogens is 1. The summed E-state index contributed by atoms with van der Waals surface area (Å²) < 4.78 is 42.0. The first-order chi connectivity index (χ1) is 13.1. The second-order valence-corrected chi connectivity index (χ2v) is 9.37. The average molecular weight is 401 g/mol. The minimum Gasteiger partial charge on any atom is -0.339 e. The summed E-state index contributed by atoms with van der Waals surface area (Å²) in [6.07, 6.45) is 0. The van der Waals surface area contributed by atoms with E-state index in [2.05, 4.69) is 24.0 Å². The van der Waals surface area contributed by atoms with Crippen molar-refractivity contribution >= 4 is 10.0 Å². The van der Waals surface area contributed by atoms with Gasteiger partial charge in [-0.3, -0.25) is 0 Å². The molecule has 6 nitrogen and oxygen atoms in total. The van der Waals surface area contributed by atoms with E-state index in [9.17, 15) is 12.8 Å². The number of benzene rings is 2. The lowest BCUT2D eigenvalue weighted by atomic mass is 10.0. The molecule has 8 heteroatoms. The molecule has 1 saturated carbocycles. The van der Waals surface area contributed by atoms with Crippen molar-refractivity contribution in [2.45, 2.75) is 37.5 Å². The Labute approximate surface area is 162 Å². The van der Waals surface area contributed by atoms with E-state index in [0.717, 1.165) is 11.1 Å². The zero-order chi connectivity index (χ0) is 20.3. The molecule has 1 heterocycles. The Hall–Kier alpha value is -2.58. The summed E-state index contributed by atoms with van der Waals surface area (Å²) >= 11 is 0.